The Balaban J connectivity index is 1.46. The first-order chi connectivity index (χ1) is 11.5. The zero-order valence-electron chi connectivity index (χ0n) is 13.1. The average molecular weight is 339 g/mol. The highest BCUT2D eigenvalue weighted by molar-refractivity contribution is 5.79. The number of morpholine rings is 1. The number of hydrogen-bond donors (Lipinski definition) is 2. The lowest BCUT2D eigenvalue weighted by Gasteiger charge is -2.40. The van der Waals surface area contributed by atoms with Crippen molar-refractivity contribution in [3.8, 4) is 0 Å². The predicted octanol–water partition coefficient (Wildman–Crippen LogP) is 0.806. The molecule has 2 atom stereocenters. The van der Waals surface area contributed by atoms with E-state index in [9.17, 15) is 18.4 Å². The number of likely N-dealkylation sites (tertiary alicyclic amines) is 1. The van der Waals surface area contributed by atoms with Gasteiger partial charge in [-0.05, 0) is 30.5 Å². The van der Waals surface area contributed by atoms with Gasteiger partial charge in [0.1, 0.15) is 6.61 Å². The SMILES string of the molecule is O=C1COC2CCN(C(=O)NCCc3ccc(F)c(F)c3)CC2N1. The van der Waals surface area contributed by atoms with Crippen LogP contribution in [0.4, 0.5) is 13.6 Å². The standard InChI is InChI=1S/C16H19F2N3O3/c17-11-2-1-10(7-12(11)18)3-5-19-16(23)21-6-4-14-13(8-21)20-15(22)9-24-14/h1-2,7,13-14H,3-6,8-9H2,(H,19,23)(H,20,22). The molecule has 0 aromatic heterocycles. The van der Waals surface area contributed by atoms with E-state index >= 15 is 0 Å². The Morgan fingerprint density at radius 1 is 1.38 bits per heavy atom. The van der Waals surface area contributed by atoms with Crippen LogP contribution < -0.4 is 10.6 Å². The fourth-order valence-corrected chi connectivity index (χ4v) is 3.00. The lowest BCUT2D eigenvalue weighted by molar-refractivity contribution is -0.139. The normalized spacial score (nSPS) is 23.4. The minimum atomic E-state index is -0.895. The van der Waals surface area contributed by atoms with Gasteiger partial charge in [0, 0.05) is 19.6 Å². The average Bonchev–Trinajstić information content (AvgIpc) is 2.57. The summed E-state index contributed by atoms with van der Waals surface area (Å²) in [5.41, 5.74) is 0.612. The second kappa shape index (κ2) is 7.12. The van der Waals surface area contributed by atoms with Gasteiger partial charge in [-0.2, -0.15) is 0 Å². The van der Waals surface area contributed by atoms with E-state index in [2.05, 4.69) is 10.6 Å². The first-order valence-electron chi connectivity index (χ1n) is 7.90. The molecule has 1 aromatic rings. The van der Waals surface area contributed by atoms with E-state index in [-0.39, 0.29) is 30.7 Å². The Morgan fingerprint density at radius 2 is 2.21 bits per heavy atom. The number of amides is 3. The molecule has 2 fully saturated rings. The number of nitrogens with zero attached hydrogens (tertiary/aromatic N) is 1. The summed E-state index contributed by atoms with van der Waals surface area (Å²) in [6, 6.07) is 3.27. The molecule has 0 radical (unpaired) electrons. The van der Waals surface area contributed by atoms with E-state index in [4.69, 9.17) is 4.74 Å². The van der Waals surface area contributed by atoms with Crippen LogP contribution in [0.5, 0.6) is 0 Å². The third-order valence-electron chi connectivity index (χ3n) is 4.29. The zero-order valence-corrected chi connectivity index (χ0v) is 13.1. The quantitative estimate of drug-likeness (QED) is 0.856. The molecule has 3 amide bonds. The van der Waals surface area contributed by atoms with Gasteiger partial charge in [-0.3, -0.25) is 4.79 Å². The fourth-order valence-electron chi connectivity index (χ4n) is 3.00. The maximum absolute atomic E-state index is 13.1. The predicted molar refractivity (Wildman–Crippen MR) is 81.3 cm³/mol. The molecular formula is C16H19F2N3O3. The summed E-state index contributed by atoms with van der Waals surface area (Å²) < 4.78 is 31.4. The highest BCUT2D eigenvalue weighted by Gasteiger charge is 2.36. The number of nitrogens with one attached hydrogen (secondary N) is 2. The Hall–Kier alpha value is -2.22. The van der Waals surface area contributed by atoms with Crippen molar-refractivity contribution < 1.29 is 23.1 Å². The molecule has 130 valence electrons. The van der Waals surface area contributed by atoms with Gasteiger partial charge in [0.15, 0.2) is 11.6 Å². The third kappa shape index (κ3) is 3.81. The topological polar surface area (TPSA) is 70.7 Å². The maximum Gasteiger partial charge on any atom is 0.317 e. The van der Waals surface area contributed by atoms with Crippen LogP contribution in [0.15, 0.2) is 18.2 Å². The smallest absolute Gasteiger partial charge is 0.317 e. The Bertz CT molecular complexity index is 641. The summed E-state index contributed by atoms with van der Waals surface area (Å²) in [7, 11) is 0. The minimum absolute atomic E-state index is 0.0473. The van der Waals surface area contributed by atoms with Crippen molar-refractivity contribution in [2.24, 2.45) is 0 Å². The van der Waals surface area contributed by atoms with E-state index in [1.807, 2.05) is 0 Å². The summed E-state index contributed by atoms with van der Waals surface area (Å²) in [6.07, 6.45) is 1.03. The number of piperidine rings is 1. The molecule has 2 heterocycles. The van der Waals surface area contributed by atoms with Crippen molar-refractivity contribution in [2.75, 3.05) is 26.2 Å². The van der Waals surface area contributed by atoms with Crippen LogP contribution in [0, 0.1) is 11.6 Å². The lowest BCUT2D eigenvalue weighted by atomic mass is 10.0. The highest BCUT2D eigenvalue weighted by Crippen LogP contribution is 2.17. The van der Waals surface area contributed by atoms with Crippen LogP contribution >= 0.6 is 0 Å². The van der Waals surface area contributed by atoms with Gasteiger partial charge >= 0.3 is 6.03 Å². The van der Waals surface area contributed by atoms with Crippen molar-refractivity contribution in [3.63, 3.8) is 0 Å². The Labute approximate surface area is 138 Å². The minimum Gasteiger partial charge on any atom is -0.366 e. The molecule has 2 aliphatic heterocycles. The van der Waals surface area contributed by atoms with E-state index < -0.39 is 11.6 Å². The van der Waals surface area contributed by atoms with Crippen molar-refractivity contribution in [1.82, 2.24) is 15.5 Å². The van der Waals surface area contributed by atoms with Gasteiger partial charge in [-0.25, -0.2) is 13.6 Å². The largest absolute Gasteiger partial charge is 0.366 e. The molecule has 24 heavy (non-hydrogen) atoms. The molecule has 2 aliphatic rings. The molecule has 0 bridgehead atoms. The number of ether oxygens (including phenoxy) is 1. The molecule has 0 spiro atoms. The van der Waals surface area contributed by atoms with Gasteiger partial charge in [-0.1, -0.05) is 6.07 Å². The molecule has 6 nitrogen and oxygen atoms in total. The number of halogens is 2. The van der Waals surface area contributed by atoms with Crippen molar-refractivity contribution in [3.05, 3.63) is 35.4 Å². The van der Waals surface area contributed by atoms with Gasteiger partial charge in [-0.15, -0.1) is 0 Å². The van der Waals surface area contributed by atoms with Crippen molar-refractivity contribution in [2.45, 2.75) is 25.0 Å². The van der Waals surface area contributed by atoms with Gasteiger partial charge < -0.3 is 20.3 Å². The van der Waals surface area contributed by atoms with Crippen molar-refractivity contribution >= 4 is 11.9 Å². The summed E-state index contributed by atoms with van der Waals surface area (Å²) >= 11 is 0. The number of urea groups is 1. The van der Waals surface area contributed by atoms with E-state index in [1.54, 1.807) is 4.90 Å². The summed E-state index contributed by atoms with van der Waals surface area (Å²) in [5.74, 6) is -1.95. The molecule has 0 aliphatic carbocycles. The second-order valence-corrected chi connectivity index (χ2v) is 5.99. The molecule has 3 rings (SSSR count). The summed E-state index contributed by atoms with van der Waals surface area (Å²) in [6.45, 7) is 1.33. The molecule has 2 saturated heterocycles. The molecular weight excluding hydrogens is 320 g/mol. The Morgan fingerprint density at radius 3 is 3.00 bits per heavy atom. The first-order valence-corrected chi connectivity index (χ1v) is 7.90. The lowest BCUT2D eigenvalue weighted by Crippen LogP contribution is -2.62. The fraction of sp³-hybridized carbons (Fsp3) is 0.500. The molecule has 2 unspecified atom stereocenters. The number of fused-ring (bicyclic) bond motifs is 1. The van der Waals surface area contributed by atoms with Gasteiger partial charge in [0.05, 0.1) is 12.1 Å². The molecule has 0 saturated carbocycles. The highest BCUT2D eigenvalue weighted by atomic mass is 19.2. The van der Waals surface area contributed by atoms with E-state index in [0.29, 0.717) is 38.0 Å². The monoisotopic (exact) mass is 339 g/mol. The Kier molecular flexibility index (Phi) is 4.94. The number of rotatable bonds is 3. The van der Waals surface area contributed by atoms with Crippen LogP contribution in [0.2, 0.25) is 0 Å². The van der Waals surface area contributed by atoms with Crippen LogP contribution in [-0.4, -0.2) is 55.2 Å². The van der Waals surface area contributed by atoms with Gasteiger partial charge in [0.2, 0.25) is 5.91 Å². The number of benzene rings is 1. The van der Waals surface area contributed by atoms with Crippen LogP contribution in [-0.2, 0) is 16.0 Å². The third-order valence-corrected chi connectivity index (χ3v) is 4.29. The van der Waals surface area contributed by atoms with E-state index in [1.165, 1.54) is 6.07 Å². The maximum atomic E-state index is 13.1. The van der Waals surface area contributed by atoms with Crippen LogP contribution in [0.3, 0.4) is 0 Å². The van der Waals surface area contributed by atoms with Gasteiger partial charge in [0.25, 0.3) is 0 Å². The second-order valence-electron chi connectivity index (χ2n) is 5.99. The first kappa shape index (κ1) is 16.6. The molecule has 2 N–H and O–H groups in total. The van der Waals surface area contributed by atoms with Crippen LogP contribution in [0.25, 0.3) is 0 Å². The summed E-state index contributed by atoms with van der Waals surface area (Å²) in [4.78, 5) is 25.2. The number of hydrogen-bond acceptors (Lipinski definition) is 3. The number of carbonyl (C=O) groups excluding carboxylic acids is 2. The van der Waals surface area contributed by atoms with Crippen LogP contribution in [0.1, 0.15) is 12.0 Å². The molecule has 8 heteroatoms. The molecule has 1 aromatic carbocycles. The van der Waals surface area contributed by atoms with Crippen molar-refractivity contribution in [1.29, 1.82) is 0 Å². The zero-order chi connectivity index (χ0) is 17.1. The number of carbonyl (C=O) groups is 2. The summed E-state index contributed by atoms with van der Waals surface area (Å²) in [5, 5.41) is 5.59. The van der Waals surface area contributed by atoms with E-state index in [0.717, 1.165) is 12.1 Å².